The van der Waals surface area contributed by atoms with Gasteiger partial charge in [0.25, 0.3) is 0 Å². The number of nitrogens with zero attached hydrogens (tertiary/aromatic N) is 1. The van der Waals surface area contributed by atoms with Crippen molar-refractivity contribution in [3.05, 3.63) is 24.3 Å². The summed E-state index contributed by atoms with van der Waals surface area (Å²) in [5, 5.41) is 0. The largest absolute Gasteiger partial charge is 0.147 e. The van der Waals surface area contributed by atoms with Crippen molar-refractivity contribution in [2.75, 3.05) is 6.54 Å². The Morgan fingerprint density at radius 2 is 1.50 bits per heavy atom. The van der Waals surface area contributed by atoms with Crippen LogP contribution in [0.3, 0.4) is 0 Å². The van der Waals surface area contributed by atoms with Gasteiger partial charge in [-0.25, -0.2) is 0 Å². The smallest absolute Gasteiger partial charge is 0.147 e. The van der Waals surface area contributed by atoms with Crippen molar-refractivity contribution < 1.29 is 22.1 Å². The van der Waals surface area contributed by atoms with Gasteiger partial charge in [0.1, 0.15) is 0 Å². The van der Waals surface area contributed by atoms with Crippen LogP contribution >= 0.6 is 24.8 Å². The van der Waals surface area contributed by atoms with Gasteiger partial charge in [0.15, 0.2) is 0 Å². The Bertz CT molecular complexity index is 449. The molecule has 3 atom stereocenters. The van der Waals surface area contributed by atoms with E-state index in [-0.39, 0.29) is 52.4 Å². The van der Waals surface area contributed by atoms with Gasteiger partial charge in [-0.1, -0.05) is 0 Å². The van der Waals surface area contributed by atoms with Crippen LogP contribution in [0.2, 0.25) is 13.1 Å². The fourth-order valence-electron chi connectivity index (χ4n) is 4.30. The zero-order valence-corrected chi connectivity index (χ0v) is 22.2. The normalized spacial score (nSPS) is 23.2. The number of fused-ring (bicyclic) bond motifs is 1. The Morgan fingerprint density at radius 1 is 0.885 bits per heavy atom. The van der Waals surface area contributed by atoms with Gasteiger partial charge in [0.05, 0.1) is 0 Å². The van der Waals surface area contributed by atoms with Gasteiger partial charge in [-0.2, -0.15) is 0 Å². The van der Waals surface area contributed by atoms with Gasteiger partial charge in [-0.05, 0) is 0 Å². The van der Waals surface area contributed by atoms with E-state index in [1.807, 2.05) is 0 Å². The molecule has 151 valence electrons. The summed E-state index contributed by atoms with van der Waals surface area (Å²) in [6.45, 7) is 8.84. The van der Waals surface area contributed by atoms with Gasteiger partial charge in [0, 0.05) is 0 Å². The molecule has 2 aliphatic carbocycles. The number of hydrogen-bond donors (Lipinski definition) is 0. The fraction of sp³-hybridized carbons (Fsp3) is 0.810. The predicted molar refractivity (Wildman–Crippen MR) is 120 cm³/mol. The average Bonchev–Trinajstić information content (AvgIpc) is 3.00. The molecule has 1 nitrogen and oxygen atoms in total. The van der Waals surface area contributed by atoms with Crippen LogP contribution in [0.25, 0.3) is 0 Å². The molecule has 0 aromatic heterocycles. The predicted octanol–water partition coefficient (Wildman–Crippen LogP) is 7.04. The number of rotatable bonds is 11. The number of hydrogen-bond acceptors (Lipinski definition) is 1. The summed E-state index contributed by atoms with van der Waals surface area (Å²) in [5.41, 5.74) is -0.00980. The molecule has 26 heavy (non-hydrogen) atoms. The topological polar surface area (TPSA) is 3.24 Å². The summed E-state index contributed by atoms with van der Waals surface area (Å²) in [7, 11) is 0. The van der Waals surface area contributed by atoms with E-state index in [1.54, 1.807) is 0 Å². The van der Waals surface area contributed by atoms with Crippen molar-refractivity contribution in [3.63, 3.8) is 0 Å². The van der Waals surface area contributed by atoms with E-state index in [9.17, 15) is 0 Å². The van der Waals surface area contributed by atoms with Crippen LogP contribution in [0.5, 0.6) is 0 Å². The third kappa shape index (κ3) is 9.55. The molecule has 0 aliphatic heterocycles. The van der Waals surface area contributed by atoms with Crippen molar-refractivity contribution in [1.82, 2.24) is 2.84 Å². The van der Waals surface area contributed by atoms with E-state index in [0.717, 1.165) is 17.9 Å². The summed E-state index contributed by atoms with van der Waals surface area (Å²) >= 11 is -0.298. The summed E-state index contributed by atoms with van der Waals surface area (Å²) in [6.07, 6.45) is 24.1. The number of unbranched alkanes of at least 4 members (excludes halogenated alkanes) is 7. The Kier molecular flexibility index (Phi) is 16.7. The Labute approximate surface area is 187 Å². The van der Waals surface area contributed by atoms with Crippen molar-refractivity contribution in [2.24, 2.45) is 11.8 Å². The maximum Gasteiger partial charge on any atom is -0.147 e. The third-order valence-corrected chi connectivity index (χ3v) is 13.1. The summed E-state index contributed by atoms with van der Waals surface area (Å²) in [5.74, 6) is 1.69. The minimum atomic E-state index is -0.298. The molecular weight excluding hydrogens is 456 g/mol. The first-order valence-electron chi connectivity index (χ1n) is 10.4. The number of allylic oxidation sites excluding steroid dienone is 3. The zero-order valence-electron chi connectivity index (χ0n) is 17.1. The Hall–Kier alpha value is 1.12. The minimum Gasteiger partial charge on any atom is -0.147 e. The van der Waals surface area contributed by atoms with Gasteiger partial charge in [-0.15, -0.1) is 24.8 Å². The van der Waals surface area contributed by atoms with Crippen molar-refractivity contribution in [3.8, 4) is 0 Å². The molecule has 3 unspecified atom stereocenters. The van der Waals surface area contributed by atoms with Crippen LogP contribution in [0.15, 0.2) is 24.3 Å². The maximum atomic E-state index is 3.06. The van der Waals surface area contributed by atoms with Crippen LogP contribution in [-0.4, -0.2) is 20.9 Å². The molecule has 2 rings (SSSR count). The molecule has 0 N–H and O–H groups in total. The molecule has 0 aromatic carbocycles. The summed E-state index contributed by atoms with van der Waals surface area (Å²) in [6, 6.07) is 0.896. The summed E-state index contributed by atoms with van der Waals surface area (Å²) in [4.78, 5) is 0. The third-order valence-electron chi connectivity index (χ3n) is 5.56. The molecule has 1 fully saturated rings. The Morgan fingerprint density at radius 3 is 2.15 bits per heavy atom. The van der Waals surface area contributed by atoms with E-state index in [1.165, 1.54) is 70.8 Å². The number of halogens is 2. The molecule has 0 aromatic rings. The second-order valence-electron chi connectivity index (χ2n) is 7.94. The first-order valence-corrected chi connectivity index (χ1v) is 17.7. The first kappa shape index (κ1) is 27.1. The van der Waals surface area contributed by atoms with Crippen LogP contribution in [-0.2, 0) is 22.1 Å². The standard InChI is InChI=1S/C19H32N.C2H6Si.2ClH.Zr/c1-2-3-4-5-6-7-8-11-16-20-19-15-14-17-12-9-10-13-18(17)19;1-3-2;;;/h9-10,12-13,17-19H,2-8,11,14-16H2,1H3;1-2H3;2*1H;/q-1;;;;+1. The molecule has 0 spiro atoms. The Balaban J connectivity index is 0.00000312. The van der Waals surface area contributed by atoms with Gasteiger partial charge in [0.2, 0.25) is 0 Å². The van der Waals surface area contributed by atoms with Crippen molar-refractivity contribution in [1.29, 1.82) is 0 Å². The fourth-order valence-corrected chi connectivity index (χ4v) is 12.6. The molecule has 2 aliphatic rings. The molecule has 5 heteroatoms. The zero-order chi connectivity index (χ0) is 17.2. The summed E-state index contributed by atoms with van der Waals surface area (Å²) < 4.78 is 3.06. The van der Waals surface area contributed by atoms with Crippen LogP contribution < -0.4 is 0 Å². The monoisotopic (exact) mass is 494 g/mol. The molecule has 0 amide bonds. The van der Waals surface area contributed by atoms with E-state index in [0.29, 0.717) is 0 Å². The SMILES string of the molecule is CCCCCCCCCC[N]([Zr]=[Si](C)C)C1CCC2C=CC=CC21.Cl.Cl. The van der Waals surface area contributed by atoms with E-state index in [4.69, 9.17) is 0 Å². The first-order chi connectivity index (χ1) is 11.7. The molecule has 1 saturated carbocycles. The van der Waals surface area contributed by atoms with Gasteiger partial charge in [-0.3, -0.25) is 0 Å². The van der Waals surface area contributed by atoms with E-state index >= 15 is 0 Å². The van der Waals surface area contributed by atoms with Crippen LogP contribution in [0.1, 0.15) is 71.1 Å². The maximum absolute atomic E-state index is 3.06. The van der Waals surface area contributed by atoms with E-state index in [2.05, 4.69) is 47.2 Å². The van der Waals surface area contributed by atoms with Crippen LogP contribution in [0.4, 0.5) is 0 Å². The van der Waals surface area contributed by atoms with Gasteiger partial charge >= 0.3 is 163 Å². The molecule has 0 saturated heterocycles. The second kappa shape index (κ2) is 16.0. The molecule has 0 bridgehead atoms. The van der Waals surface area contributed by atoms with E-state index < -0.39 is 0 Å². The molecular formula is C21H40Cl2NSiZr. The average molecular weight is 497 g/mol. The quantitative estimate of drug-likeness (QED) is 0.219. The van der Waals surface area contributed by atoms with Crippen LogP contribution in [0, 0.1) is 11.8 Å². The van der Waals surface area contributed by atoms with Crippen molar-refractivity contribution in [2.45, 2.75) is 90.3 Å². The van der Waals surface area contributed by atoms with Crippen molar-refractivity contribution >= 4 is 30.2 Å². The molecule has 0 heterocycles. The van der Waals surface area contributed by atoms with Gasteiger partial charge < -0.3 is 0 Å². The second-order valence-corrected chi connectivity index (χ2v) is 20.6. The minimum absolute atomic E-state index is 0. The molecule has 0 radical (unpaired) electrons.